The molecular weight excluding hydrogens is 395 g/mol. The Morgan fingerprint density at radius 1 is 0.852 bits per heavy atom. The van der Waals surface area contributed by atoms with Crippen molar-refractivity contribution in [1.82, 2.24) is 0 Å². The zero-order valence-corrected chi connectivity index (χ0v) is 19.7. The van der Waals surface area contributed by atoms with Crippen LogP contribution in [0.2, 0.25) is 0 Å². The van der Waals surface area contributed by atoms with Crippen LogP contribution in [0, 0.1) is 5.92 Å². The predicted molar refractivity (Wildman–Crippen MR) is 115 cm³/mol. The van der Waals surface area contributed by atoms with Crippen LogP contribution in [0.1, 0.15) is 97.0 Å². The average Bonchev–Trinajstić information content (AvgIpc) is 2.67. The van der Waals surface area contributed by atoms with Gasteiger partial charge >= 0.3 is 25.1 Å². The molecule has 0 aliphatic rings. The van der Waals surface area contributed by atoms with Gasteiger partial charge in [0.05, 0.1) is 0 Å². The first-order chi connectivity index (χ1) is 12.7. The van der Waals surface area contributed by atoms with Gasteiger partial charge in [-0.25, -0.2) is 0 Å². The summed E-state index contributed by atoms with van der Waals surface area (Å²) in [5.41, 5.74) is 1.35. The summed E-state index contributed by atoms with van der Waals surface area (Å²) in [7, 11) is -1.72. The summed E-state index contributed by atoms with van der Waals surface area (Å²) in [6.45, 7) is 7.28. The van der Waals surface area contributed by atoms with E-state index in [2.05, 4.69) is 32.9 Å². The summed E-state index contributed by atoms with van der Waals surface area (Å²) in [4.78, 5) is 0. The molecule has 2 atom stereocenters. The minimum atomic E-state index is -1.72. The number of rotatable bonds is 16. The first-order valence-corrected chi connectivity index (χ1v) is 12.1. The Kier molecular flexibility index (Phi) is 17.7. The fourth-order valence-corrected chi connectivity index (χ4v) is 4.10. The second-order valence-electron chi connectivity index (χ2n) is 7.51. The third-order valence-electron chi connectivity index (χ3n) is 5.19. The molecule has 27 heavy (non-hydrogen) atoms. The maximum Gasteiger partial charge on any atom is 2.00 e. The summed E-state index contributed by atoms with van der Waals surface area (Å²) >= 11 is 0. The molecule has 154 valence electrons. The topological polar surface area (TPSA) is 26.3 Å². The molecule has 2 nitrogen and oxygen atoms in total. The SMILES string of the molecule is CCCCCCCCCc1ccc([P+](=O)OCC(CC)CCCC)cc1.[Fe+2]. The maximum atomic E-state index is 12.4. The van der Waals surface area contributed by atoms with Crippen LogP contribution in [0.5, 0.6) is 0 Å². The molecule has 0 radical (unpaired) electrons. The van der Waals surface area contributed by atoms with Crippen LogP contribution >= 0.6 is 8.03 Å². The van der Waals surface area contributed by atoms with Gasteiger partial charge in [-0.2, -0.15) is 0 Å². The molecule has 0 spiro atoms. The molecule has 0 amide bonds. The largest absolute Gasteiger partial charge is 2.00 e. The van der Waals surface area contributed by atoms with E-state index in [0.29, 0.717) is 12.5 Å². The van der Waals surface area contributed by atoms with E-state index in [0.717, 1.165) is 18.1 Å². The van der Waals surface area contributed by atoms with E-state index in [1.807, 2.05) is 12.1 Å². The van der Waals surface area contributed by atoms with Gasteiger partial charge in [0.2, 0.25) is 5.30 Å². The monoisotopic (exact) mass is 435 g/mol. The molecule has 0 saturated heterocycles. The standard InChI is InChI=1S/C23H40O2P.Fe/c1-4-7-9-10-11-12-13-15-22-16-18-23(19-17-22)26(24)25-20-21(6-3)14-8-5-2;/h16-19,21H,4-15,20H2,1-3H3;/q+1;+2. The van der Waals surface area contributed by atoms with Gasteiger partial charge in [0.1, 0.15) is 6.61 Å². The van der Waals surface area contributed by atoms with E-state index < -0.39 is 8.03 Å². The van der Waals surface area contributed by atoms with Crippen LogP contribution in [0.15, 0.2) is 24.3 Å². The van der Waals surface area contributed by atoms with Gasteiger partial charge in [-0.15, -0.1) is 4.52 Å². The van der Waals surface area contributed by atoms with Crippen LogP contribution in [-0.2, 0) is 32.6 Å². The normalized spacial score (nSPS) is 12.5. The van der Waals surface area contributed by atoms with E-state index in [1.165, 1.54) is 69.8 Å². The Hall–Kier alpha value is -0.201. The first-order valence-electron chi connectivity index (χ1n) is 10.9. The summed E-state index contributed by atoms with van der Waals surface area (Å²) < 4.78 is 18.0. The third-order valence-corrected chi connectivity index (χ3v) is 6.29. The summed E-state index contributed by atoms with van der Waals surface area (Å²) in [5, 5.41) is 0.827. The number of hydrogen-bond donors (Lipinski definition) is 0. The van der Waals surface area contributed by atoms with Gasteiger partial charge in [-0.3, -0.25) is 0 Å². The molecule has 1 aromatic rings. The Morgan fingerprint density at radius 3 is 2.04 bits per heavy atom. The Labute approximate surface area is 179 Å². The zero-order chi connectivity index (χ0) is 19.0. The zero-order valence-electron chi connectivity index (χ0n) is 17.7. The Morgan fingerprint density at radius 2 is 1.44 bits per heavy atom. The van der Waals surface area contributed by atoms with E-state index >= 15 is 0 Å². The molecule has 0 bridgehead atoms. The van der Waals surface area contributed by atoms with Crippen molar-refractivity contribution in [2.24, 2.45) is 5.92 Å². The summed E-state index contributed by atoms with van der Waals surface area (Å²) in [6, 6.07) is 8.22. The molecule has 0 saturated carbocycles. The smallest absolute Gasteiger partial charge is 0.141 e. The molecule has 0 aromatic heterocycles. The number of unbranched alkanes of at least 4 members (excludes halogenated alkanes) is 7. The van der Waals surface area contributed by atoms with Crippen molar-refractivity contribution in [3.63, 3.8) is 0 Å². The van der Waals surface area contributed by atoms with Crippen LogP contribution in [0.3, 0.4) is 0 Å². The van der Waals surface area contributed by atoms with Crippen molar-refractivity contribution in [1.29, 1.82) is 0 Å². The molecule has 0 N–H and O–H groups in total. The second kappa shape index (κ2) is 17.9. The third kappa shape index (κ3) is 12.8. The van der Waals surface area contributed by atoms with E-state index in [-0.39, 0.29) is 17.1 Å². The molecule has 4 heteroatoms. The Bertz CT molecular complexity index is 476. The quantitative estimate of drug-likeness (QED) is 0.152. The summed E-state index contributed by atoms with van der Waals surface area (Å²) in [6.07, 6.45) is 15.2. The van der Waals surface area contributed by atoms with Crippen LogP contribution in [0.25, 0.3) is 0 Å². The molecule has 2 unspecified atom stereocenters. The molecule has 0 aliphatic heterocycles. The molecule has 1 rings (SSSR count). The number of benzene rings is 1. The van der Waals surface area contributed by atoms with Gasteiger partial charge in [-0.05, 0) is 47.4 Å². The van der Waals surface area contributed by atoms with Gasteiger partial charge in [0.15, 0.2) is 0 Å². The van der Waals surface area contributed by atoms with Crippen LogP contribution in [-0.4, -0.2) is 6.61 Å². The molecule has 0 heterocycles. The van der Waals surface area contributed by atoms with Crippen LogP contribution < -0.4 is 5.30 Å². The van der Waals surface area contributed by atoms with Crippen molar-refractivity contribution in [2.75, 3.05) is 6.61 Å². The van der Waals surface area contributed by atoms with Crippen molar-refractivity contribution in [3.8, 4) is 0 Å². The maximum absolute atomic E-state index is 12.4. The minimum Gasteiger partial charge on any atom is -0.141 e. The van der Waals surface area contributed by atoms with Crippen molar-refractivity contribution in [3.05, 3.63) is 29.8 Å². The number of hydrogen-bond acceptors (Lipinski definition) is 2. The van der Waals surface area contributed by atoms with Crippen molar-refractivity contribution >= 4 is 13.3 Å². The Balaban J connectivity index is 0.00000676. The van der Waals surface area contributed by atoms with Gasteiger partial charge in [-0.1, -0.05) is 90.7 Å². The molecular formula is C23H40FeO2P+3. The van der Waals surface area contributed by atoms with E-state index in [4.69, 9.17) is 4.52 Å². The van der Waals surface area contributed by atoms with Crippen LogP contribution in [0.4, 0.5) is 0 Å². The van der Waals surface area contributed by atoms with Crippen molar-refractivity contribution < 1.29 is 26.2 Å². The number of aryl methyl sites for hydroxylation is 1. The van der Waals surface area contributed by atoms with Gasteiger partial charge in [0, 0.05) is 0 Å². The minimum absolute atomic E-state index is 0. The van der Waals surface area contributed by atoms with E-state index in [1.54, 1.807) is 0 Å². The molecule has 1 aromatic carbocycles. The average molecular weight is 435 g/mol. The predicted octanol–water partition coefficient (Wildman–Crippen LogP) is 7.58. The molecule has 0 aliphatic carbocycles. The molecule has 0 fully saturated rings. The summed E-state index contributed by atoms with van der Waals surface area (Å²) in [5.74, 6) is 0.533. The second-order valence-corrected chi connectivity index (χ2v) is 8.80. The van der Waals surface area contributed by atoms with E-state index in [9.17, 15) is 4.57 Å². The first kappa shape index (κ1) is 26.8. The fourth-order valence-electron chi connectivity index (χ4n) is 3.22. The van der Waals surface area contributed by atoms with Gasteiger partial charge < -0.3 is 0 Å². The fraction of sp³-hybridized carbons (Fsp3) is 0.739. The van der Waals surface area contributed by atoms with Crippen molar-refractivity contribution in [2.45, 2.75) is 97.8 Å². The van der Waals surface area contributed by atoms with Gasteiger partial charge in [0.25, 0.3) is 0 Å².